The summed E-state index contributed by atoms with van der Waals surface area (Å²) in [6.07, 6.45) is 3.81. The zero-order valence-electron chi connectivity index (χ0n) is 18.9. The maximum atomic E-state index is 6.57. The molecule has 1 heterocycles. The SMILES string of the molecule is C=C(/C=C\C(OC)=C(/C)OC)SN1CCN(c2ccc(Cl)cc2Cl)C(c2ccc(Cl)cc2)C1. The molecule has 0 aromatic heterocycles. The zero-order chi connectivity index (χ0) is 24.0. The number of benzene rings is 2. The van der Waals surface area contributed by atoms with E-state index in [-0.39, 0.29) is 6.04 Å². The maximum Gasteiger partial charge on any atom is 0.156 e. The minimum absolute atomic E-state index is 0.0872. The van der Waals surface area contributed by atoms with Crippen LogP contribution in [0.3, 0.4) is 0 Å². The van der Waals surface area contributed by atoms with E-state index in [1.807, 2.05) is 43.3 Å². The molecular formula is C25H27Cl3N2O2S. The van der Waals surface area contributed by atoms with Gasteiger partial charge in [-0.25, -0.2) is 4.31 Å². The van der Waals surface area contributed by atoms with Crippen LogP contribution < -0.4 is 4.90 Å². The first-order valence-electron chi connectivity index (χ1n) is 10.4. The molecule has 1 unspecified atom stereocenters. The van der Waals surface area contributed by atoms with Crippen LogP contribution in [0.1, 0.15) is 18.5 Å². The molecule has 0 radical (unpaired) electrons. The molecule has 1 aliphatic heterocycles. The van der Waals surface area contributed by atoms with Crippen LogP contribution in [-0.2, 0) is 9.47 Å². The van der Waals surface area contributed by atoms with E-state index in [4.69, 9.17) is 44.3 Å². The molecule has 0 saturated carbocycles. The number of methoxy groups -OCH3 is 2. The van der Waals surface area contributed by atoms with Crippen LogP contribution in [0, 0.1) is 0 Å². The van der Waals surface area contributed by atoms with Gasteiger partial charge in [-0.15, -0.1) is 0 Å². The Labute approximate surface area is 215 Å². The predicted molar refractivity (Wildman–Crippen MR) is 142 cm³/mol. The summed E-state index contributed by atoms with van der Waals surface area (Å²) in [5.74, 6) is 1.38. The molecule has 176 valence electrons. The van der Waals surface area contributed by atoms with E-state index in [9.17, 15) is 0 Å². The Kier molecular flexibility index (Phi) is 9.47. The Hall–Kier alpha value is -1.76. The van der Waals surface area contributed by atoms with Crippen LogP contribution in [0.25, 0.3) is 0 Å². The van der Waals surface area contributed by atoms with E-state index >= 15 is 0 Å². The van der Waals surface area contributed by atoms with Crippen molar-refractivity contribution in [3.63, 3.8) is 0 Å². The molecule has 0 bridgehead atoms. The quantitative estimate of drug-likeness (QED) is 0.199. The standard InChI is InChI=1S/C25H27Cl3N2O2S/c1-17(5-12-25(32-4)18(2)31-3)33-29-13-14-30(23-11-10-21(27)15-22(23)28)24(16-29)19-6-8-20(26)9-7-19/h5-12,15,24H,1,13-14,16H2,2-4H3/b12-5-,25-18-. The van der Waals surface area contributed by atoms with Crippen LogP contribution in [0.15, 0.2) is 77.6 Å². The van der Waals surface area contributed by atoms with Gasteiger partial charge in [0, 0.05) is 34.6 Å². The molecule has 1 saturated heterocycles. The van der Waals surface area contributed by atoms with E-state index in [2.05, 4.69) is 27.9 Å². The number of hydrogen-bond donors (Lipinski definition) is 0. The van der Waals surface area contributed by atoms with Gasteiger partial charge in [0.05, 0.1) is 31.0 Å². The van der Waals surface area contributed by atoms with Crippen LogP contribution in [0.2, 0.25) is 15.1 Å². The summed E-state index contributed by atoms with van der Waals surface area (Å²) < 4.78 is 12.9. The first-order chi connectivity index (χ1) is 15.8. The smallest absolute Gasteiger partial charge is 0.156 e. The third-order valence-corrected chi connectivity index (χ3v) is 7.11. The molecule has 2 aromatic rings. The maximum absolute atomic E-state index is 6.57. The van der Waals surface area contributed by atoms with Crippen LogP contribution >= 0.6 is 46.8 Å². The molecular weight excluding hydrogens is 499 g/mol. The Morgan fingerprint density at radius 1 is 1.00 bits per heavy atom. The molecule has 1 fully saturated rings. The monoisotopic (exact) mass is 524 g/mol. The summed E-state index contributed by atoms with van der Waals surface area (Å²) in [6, 6.07) is 13.7. The molecule has 8 heteroatoms. The average Bonchev–Trinajstić information content (AvgIpc) is 2.80. The van der Waals surface area contributed by atoms with Gasteiger partial charge in [0.2, 0.25) is 0 Å². The number of hydrogen-bond acceptors (Lipinski definition) is 5. The molecule has 3 rings (SSSR count). The number of piperazine rings is 1. The van der Waals surface area contributed by atoms with Crippen molar-refractivity contribution < 1.29 is 9.47 Å². The molecule has 4 nitrogen and oxygen atoms in total. The minimum atomic E-state index is 0.0872. The van der Waals surface area contributed by atoms with Crippen molar-refractivity contribution in [2.45, 2.75) is 13.0 Å². The Morgan fingerprint density at radius 3 is 2.33 bits per heavy atom. The van der Waals surface area contributed by atoms with E-state index in [0.717, 1.165) is 35.8 Å². The largest absolute Gasteiger partial charge is 0.498 e. The summed E-state index contributed by atoms with van der Waals surface area (Å²) in [7, 11) is 3.24. The van der Waals surface area contributed by atoms with Crippen molar-refractivity contribution in [2.75, 3.05) is 38.8 Å². The first kappa shape index (κ1) is 25.9. The Balaban J connectivity index is 1.80. The van der Waals surface area contributed by atoms with Crippen LogP contribution in [0.4, 0.5) is 5.69 Å². The number of halogens is 3. The highest BCUT2D eigenvalue weighted by atomic mass is 35.5. The molecule has 0 N–H and O–H groups in total. The Morgan fingerprint density at radius 2 is 1.70 bits per heavy atom. The fourth-order valence-corrected chi connectivity index (χ4v) is 5.10. The lowest BCUT2D eigenvalue weighted by Gasteiger charge is -2.43. The predicted octanol–water partition coefficient (Wildman–Crippen LogP) is 7.75. The summed E-state index contributed by atoms with van der Waals surface area (Å²) in [4.78, 5) is 3.23. The van der Waals surface area contributed by atoms with E-state index in [0.29, 0.717) is 26.6 Å². The fourth-order valence-electron chi connectivity index (χ4n) is 3.61. The van der Waals surface area contributed by atoms with Crippen molar-refractivity contribution in [1.29, 1.82) is 0 Å². The number of rotatable bonds is 8. The molecule has 0 spiro atoms. The van der Waals surface area contributed by atoms with Gasteiger partial charge < -0.3 is 14.4 Å². The average molecular weight is 526 g/mol. The van der Waals surface area contributed by atoms with Gasteiger partial charge >= 0.3 is 0 Å². The van der Waals surface area contributed by atoms with Crippen molar-refractivity contribution in [3.8, 4) is 0 Å². The molecule has 0 aliphatic carbocycles. The van der Waals surface area contributed by atoms with Crippen molar-refractivity contribution in [2.24, 2.45) is 0 Å². The highest BCUT2D eigenvalue weighted by Crippen LogP contribution is 2.38. The minimum Gasteiger partial charge on any atom is -0.498 e. The molecule has 1 aliphatic rings. The third kappa shape index (κ3) is 6.87. The summed E-state index contributed by atoms with van der Waals surface area (Å²) >= 11 is 20.5. The van der Waals surface area contributed by atoms with E-state index in [1.165, 1.54) is 0 Å². The normalized spacial score (nSPS) is 17.8. The number of ether oxygens (including phenoxy) is 2. The lowest BCUT2D eigenvalue weighted by Crippen LogP contribution is -2.46. The highest BCUT2D eigenvalue weighted by molar-refractivity contribution is 8.01. The zero-order valence-corrected chi connectivity index (χ0v) is 21.9. The number of allylic oxidation sites excluding steroid dienone is 3. The van der Waals surface area contributed by atoms with E-state index < -0.39 is 0 Å². The summed E-state index contributed by atoms with van der Waals surface area (Å²) in [5, 5.41) is 1.98. The third-order valence-electron chi connectivity index (χ3n) is 5.36. The van der Waals surface area contributed by atoms with Crippen molar-refractivity contribution in [1.82, 2.24) is 4.31 Å². The van der Waals surface area contributed by atoms with Crippen LogP contribution in [-0.4, -0.2) is 38.2 Å². The van der Waals surface area contributed by atoms with Gasteiger partial charge in [-0.05, 0) is 66.9 Å². The summed E-state index contributed by atoms with van der Waals surface area (Å²) in [5.41, 5.74) is 2.13. The lowest BCUT2D eigenvalue weighted by molar-refractivity contribution is 0.232. The topological polar surface area (TPSA) is 24.9 Å². The molecule has 0 amide bonds. The lowest BCUT2D eigenvalue weighted by atomic mass is 10.0. The first-order valence-corrected chi connectivity index (χ1v) is 12.3. The molecule has 33 heavy (non-hydrogen) atoms. The van der Waals surface area contributed by atoms with Gasteiger partial charge in [-0.2, -0.15) is 0 Å². The van der Waals surface area contributed by atoms with Gasteiger partial charge in [0.15, 0.2) is 5.76 Å². The van der Waals surface area contributed by atoms with Crippen LogP contribution in [0.5, 0.6) is 0 Å². The summed E-state index contributed by atoms with van der Waals surface area (Å²) in [6.45, 7) is 8.47. The van der Waals surface area contributed by atoms with Gasteiger partial charge in [0.25, 0.3) is 0 Å². The number of nitrogens with zero attached hydrogens (tertiary/aromatic N) is 2. The second kappa shape index (κ2) is 12.1. The van der Waals surface area contributed by atoms with Crippen molar-refractivity contribution >= 4 is 52.4 Å². The van der Waals surface area contributed by atoms with Gasteiger partial charge in [-0.3, -0.25) is 0 Å². The van der Waals surface area contributed by atoms with E-state index in [1.54, 1.807) is 32.2 Å². The second-order valence-corrected chi connectivity index (χ2v) is 9.97. The van der Waals surface area contributed by atoms with Gasteiger partial charge in [-0.1, -0.05) is 53.5 Å². The number of anilines is 1. The molecule has 1 atom stereocenters. The molecule has 2 aromatic carbocycles. The highest BCUT2D eigenvalue weighted by Gasteiger charge is 2.30. The Bertz CT molecular complexity index is 1040. The second-order valence-electron chi connectivity index (χ2n) is 7.46. The van der Waals surface area contributed by atoms with Gasteiger partial charge in [0.1, 0.15) is 5.76 Å². The van der Waals surface area contributed by atoms with Crippen molar-refractivity contribution in [3.05, 3.63) is 98.3 Å². The fraction of sp³-hybridized carbons (Fsp3) is 0.280.